The topological polar surface area (TPSA) is 66.6 Å². The average Bonchev–Trinajstić information content (AvgIpc) is 2.53. The minimum absolute atomic E-state index is 0.0818. The quantitative estimate of drug-likeness (QED) is 0.743. The first-order valence-corrected chi connectivity index (χ1v) is 8.55. The lowest BCUT2D eigenvalue weighted by Crippen LogP contribution is -2.17. The third-order valence-electron chi connectivity index (χ3n) is 4.01. The van der Waals surface area contributed by atoms with Crippen LogP contribution in [-0.2, 0) is 12.6 Å². The van der Waals surface area contributed by atoms with E-state index in [1.165, 1.54) is 12.1 Å². The summed E-state index contributed by atoms with van der Waals surface area (Å²) in [5.41, 5.74) is 5.07. The highest BCUT2D eigenvalue weighted by molar-refractivity contribution is 6.36. The van der Waals surface area contributed by atoms with Gasteiger partial charge in [-0.15, -0.1) is 0 Å². The summed E-state index contributed by atoms with van der Waals surface area (Å²) in [6, 6.07) is 4.63. The lowest BCUT2D eigenvalue weighted by molar-refractivity contribution is -0.137. The van der Waals surface area contributed by atoms with Crippen molar-refractivity contribution < 1.29 is 23.1 Å². The van der Waals surface area contributed by atoms with Gasteiger partial charge in [0.15, 0.2) is 0 Å². The number of rotatable bonds is 5. The number of hydrogen-bond acceptors (Lipinski definition) is 3. The zero-order valence-electron chi connectivity index (χ0n) is 14.5. The molecule has 0 unspecified atom stereocenters. The van der Waals surface area contributed by atoms with E-state index in [2.05, 4.69) is 0 Å². The maximum atomic E-state index is 13.0. The van der Waals surface area contributed by atoms with Crippen LogP contribution in [0.25, 0.3) is 11.1 Å². The number of aromatic hydroxyl groups is 1. The number of phenols is 1. The Morgan fingerprint density at radius 2 is 1.78 bits per heavy atom. The molecular formula is C18H17Cl2F3N2O2. The average molecular weight is 421 g/mol. The van der Waals surface area contributed by atoms with Crippen LogP contribution < -0.4 is 5.73 Å². The summed E-state index contributed by atoms with van der Waals surface area (Å²) in [6.07, 6.45) is -4.34. The van der Waals surface area contributed by atoms with Crippen molar-refractivity contribution in [3.05, 3.63) is 51.0 Å². The molecule has 0 heterocycles. The van der Waals surface area contributed by atoms with Crippen molar-refractivity contribution in [1.29, 1.82) is 0 Å². The molecule has 0 spiro atoms. The molecule has 2 aromatic carbocycles. The summed E-state index contributed by atoms with van der Waals surface area (Å²) in [5, 5.41) is 9.79. The lowest BCUT2D eigenvalue weighted by Gasteiger charge is -2.18. The molecule has 0 aliphatic rings. The van der Waals surface area contributed by atoms with E-state index in [0.717, 1.165) is 12.1 Å². The van der Waals surface area contributed by atoms with Gasteiger partial charge in [0.2, 0.25) is 0 Å². The second-order valence-electron chi connectivity index (χ2n) is 6.22. The summed E-state index contributed by atoms with van der Waals surface area (Å²) in [7, 11) is 3.63. The zero-order valence-corrected chi connectivity index (χ0v) is 16.0. The van der Waals surface area contributed by atoms with Gasteiger partial charge in [-0.05, 0) is 44.3 Å². The van der Waals surface area contributed by atoms with Gasteiger partial charge in [0, 0.05) is 22.7 Å². The third kappa shape index (κ3) is 4.66. The molecule has 0 bridgehead atoms. The maximum absolute atomic E-state index is 13.0. The van der Waals surface area contributed by atoms with E-state index in [4.69, 9.17) is 28.9 Å². The van der Waals surface area contributed by atoms with E-state index in [1.54, 1.807) is 0 Å². The molecule has 0 aromatic heterocycles. The number of alkyl halides is 3. The molecule has 0 saturated heterocycles. The molecule has 27 heavy (non-hydrogen) atoms. The molecule has 0 fully saturated rings. The van der Waals surface area contributed by atoms with Gasteiger partial charge in [0.1, 0.15) is 5.75 Å². The molecule has 0 aliphatic heterocycles. The maximum Gasteiger partial charge on any atom is 0.417 e. The number of benzene rings is 2. The van der Waals surface area contributed by atoms with Crippen LogP contribution in [0.15, 0.2) is 24.3 Å². The molecule has 0 atom stereocenters. The van der Waals surface area contributed by atoms with E-state index in [1.807, 2.05) is 19.0 Å². The summed E-state index contributed by atoms with van der Waals surface area (Å²) >= 11 is 11.9. The minimum atomic E-state index is -4.65. The van der Waals surface area contributed by atoms with Crippen LogP contribution in [0.5, 0.6) is 5.75 Å². The van der Waals surface area contributed by atoms with E-state index in [9.17, 15) is 23.1 Å². The van der Waals surface area contributed by atoms with Crippen molar-refractivity contribution in [3.63, 3.8) is 0 Å². The van der Waals surface area contributed by atoms with Gasteiger partial charge in [-0.2, -0.15) is 13.2 Å². The van der Waals surface area contributed by atoms with Crippen LogP contribution in [0.2, 0.25) is 10.0 Å². The Morgan fingerprint density at radius 3 is 2.30 bits per heavy atom. The first-order valence-electron chi connectivity index (χ1n) is 7.79. The number of likely N-dealkylation sites (N-methyl/N-ethyl adjacent to an activating group) is 1. The van der Waals surface area contributed by atoms with Gasteiger partial charge < -0.3 is 15.7 Å². The molecule has 146 valence electrons. The third-order valence-corrected chi connectivity index (χ3v) is 4.63. The Kier molecular flexibility index (Phi) is 6.29. The number of amides is 1. The molecule has 1 amide bonds. The summed E-state index contributed by atoms with van der Waals surface area (Å²) in [6.45, 7) is 0.509. The van der Waals surface area contributed by atoms with Gasteiger partial charge in [-0.1, -0.05) is 29.3 Å². The Bertz CT molecular complexity index is 884. The molecule has 9 heteroatoms. The van der Waals surface area contributed by atoms with Gasteiger partial charge in [0.05, 0.1) is 16.1 Å². The highest BCUT2D eigenvalue weighted by Crippen LogP contribution is 2.43. The monoisotopic (exact) mass is 420 g/mol. The van der Waals surface area contributed by atoms with Crippen LogP contribution in [-0.4, -0.2) is 36.6 Å². The minimum Gasteiger partial charge on any atom is -0.507 e. The van der Waals surface area contributed by atoms with Crippen molar-refractivity contribution in [2.45, 2.75) is 12.6 Å². The Balaban J connectivity index is 2.69. The molecular weight excluding hydrogens is 404 g/mol. The Morgan fingerprint density at radius 1 is 1.15 bits per heavy atom. The zero-order chi connectivity index (χ0) is 20.5. The second kappa shape index (κ2) is 7.96. The van der Waals surface area contributed by atoms with Gasteiger partial charge in [0.25, 0.3) is 5.91 Å². The van der Waals surface area contributed by atoms with Crippen LogP contribution >= 0.6 is 23.2 Å². The fourth-order valence-electron chi connectivity index (χ4n) is 2.65. The Labute approximate surface area is 164 Å². The number of nitrogens with zero attached hydrogens (tertiary/aromatic N) is 1. The first kappa shape index (κ1) is 21.3. The standard InChI is InChI=1S/C18H17Cl2F3N2O2/c1-25(2)6-5-10-9(3-4-11(16(10)26)17(24)27)12-7-15(20)13(8-14(12)19)18(21,22)23/h3-4,7-8,26H,5-6H2,1-2H3,(H2,24,27). The fourth-order valence-corrected chi connectivity index (χ4v) is 3.18. The number of carbonyl (C=O) groups is 1. The normalized spacial score (nSPS) is 11.9. The number of carbonyl (C=O) groups excluding carboxylic acids is 1. The van der Waals surface area contributed by atoms with Gasteiger partial charge in [-0.25, -0.2) is 0 Å². The first-order chi connectivity index (χ1) is 12.4. The SMILES string of the molecule is CN(C)CCc1c(-c2cc(Cl)c(C(F)(F)F)cc2Cl)ccc(C(N)=O)c1O. The molecule has 0 radical (unpaired) electrons. The summed E-state index contributed by atoms with van der Waals surface area (Å²) in [4.78, 5) is 13.4. The number of primary amides is 1. The smallest absolute Gasteiger partial charge is 0.417 e. The van der Waals surface area contributed by atoms with E-state index >= 15 is 0 Å². The van der Waals surface area contributed by atoms with E-state index < -0.39 is 22.7 Å². The van der Waals surface area contributed by atoms with Crippen LogP contribution in [0.1, 0.15) is 21.5 Å². The summed E-state index contributed by atoms with van der Waals surface area (Å²) in [5.74, 6) is -1.14. The molecule has 3 N–H and O–H groups in total. The van der Waals surface area contributed by atoms with Crippen LogP contribution in [0, 0.1) is 0 Å². The fraction of sp³-hybridized carbons (Fsp3) is 0.278. The highest BCUT2D eigenvalue weighted by Gasteiger charge is 2.34. The predicted molar refractivity (Wildman–Crippen MR) is 99.3 cm³/mol. The van der Waals surface area contributed by atoms with Gasteiger partial charge >= 0.3 is 6.18 Å². The van der Waals surface area contributed by atoms with Crippen molar-refractivity contribution in [2.24, 2.45) is 5.73 Å². The molecule has 0 aliphatic carbocycles. The Hall–Kier alpha value is -1.96. The lowest BCUT2D eigenvalue weighted by atomic mass is 9.93. The van der Waals surface area contributed by atoms with Crippen molar-refractivity contribution in [1.82, 2.24) is 4.90 Å². The van der Waals surface area contributed by atoms with Gasteiger partial charge in [-0.3, -0.25) is 4.79 Å². The molecule has 2 rings (SSSR count). The van der Waals surface area contributed by atoms with Crippen molar-refractivity contribution in [2.75, 3.05) is 20.6 Å². The number of nitrogens with two attached hydrogens (primary N) is 1. The predicted octanol–water partition coefficient (Wildman–Crippen LogP) is 4.59. The van der Waals surface area contributed by atoms with E-state index in [0.29, 0.717) is 24.1 Å². The molecule has 0 saturated carbocycles. The van der Waals surface area contributed by atoms with E-state index in [-0.39, 0.29) is 21.9 Å². The highest BCUT2D eigenvalue weighted by atomic mass is 35.5. The number of halogens is 5. The van der Waals surface area contributed by atoms with Crippen LogP contribution in [0.3, 0.4) is 0 Å². The summed E-state index contributed by atoms with van der Waals surface area (Å²) < 4.78 is 39.1. The van der Waals surface area contributed by atoms with Crippen molar-refractivity contribution in [3.8, 4) is 16.9 Å². The largest absolute Gasteiger partial charge is 0.507 e. The van der Waals surface area contributed by atoms with Crippen molar-refractivity contribution >= 4 is 29.1 Å². The molecule has 4 nitrogen and oxygen atoms in total. The van der Waals surface area contributed by atoms with Crippen LogP contribution in [0.4, 0.5) is 13.2 Å². The number of hydrogen-bond donors (Lipinski definition) is 2. The molecule has 2 aromatic rings. The second-order valence-corrected chi connectivity index (χ2v) is 7.03.